The normalized spacial score (nSPS) is 18.3. The van der Waals surface area contributed by atoms with E-state index in [-0.39, 0.29) is 11.3 Å². The van der Waals surface area contributed by atoms with Crippen LogP contribution in [-0.2, 0) is 14.3 Å². The molecule has 5 nitrogen and oxygen atoms in total. The number of hydrogen-bond acceptors (Lipinski definition) is 4. The Labute approximate surface area is 175 Å². The second kappa shape index (κ2) is 8.51. The van der Waals surface area contributed by atoms with Crippen molar-refractivity contribution in [3.8, 4) is 0 Å². The van der Waals surface area contributed by atoms with Crippen LogP contribution in [0.3, 0.4) is 0 Å². The number of hydrogen-bond donors (Lipinski definition) is 1. The number of carbonyl (C=O) groups is 2. The average molecular weight is 401 g/mol. The van der Waals surface area contributed by atoms with Crippen molar-refractivity contribution in [3.63, 3.8) is 0 Å². The van der Waals surface area contributed by atoms with Gasteiger partial charge in [0.25, 0.3) is 11.7 Å². The van der Waals surface area contributed by atoms with E-state index in [0.29, 0.717) is 25.1 Å². The van der Waals surface area contributed by atoms with Crippen molar-refractivity contribution in [1.29, 1.82) is 0 Å². The lowest BCUT2D eigenvalue weighted by molar-refractivity contribution is -0.140. The maximum absolute atomic E-state index is 13.0. The molecule has 1 N–H and O–H groups in total. The lowest BCUT2D eigenvalue weighted by Crippen LogP contribution is -2.31. The van der Waals surface area contributed by atoms with Gasteiger partial charge < -0.3 is 14.7 Å². The molecule has 1 heterocycles. The van der Waals surface area contributed by atoms with Gasteiger partial charge in [-0.05, 0) is 22.8 Å². The Morgan fingerprint density at radius 2 is 1.67 bits per heavy atom. The van der Waals surface area contributed by atoms with Crippen LogP contribution in [0.4, 0.5) is 0 Å². The third kappa shape index (κ3) is 3.48. The van der Waals surface area contributed by atoms with E-state index in [1.165, 1.54) is 0 Å². The van der Waals surface area contributed by atoms with Gasteiger partial charge in [0, 0.05) is 25.8 Å². The lowest BCUT2D eigenvalue weighted by Gasteiger charge is -2.26. The second-order valence-electron chi connectivity index (χ2n) is 7.27. The Morgan fingerprint density at radius 3 is 2.43 bits per heavy atom. The first-order chi connectivity index (χ1) is 14.6. The maximum atomic E-state index is 13.0. The van der Waals surface area contributed by atoms with Gasteiger partial charge in [-0.2, -0.15) is 0 Å². The van der Waals surface area contributed by atoms with Gasteiger partial charge in [0.05, 0.1) is 11.6 Å². The van der Waals surface area contributed by atoms with Gasteiger partial charge in [0.1, 0.15) is 5.76 Å². The minimum Gasteiger partial charge on any atom is -0.507 e. The second-order valence-corrected chi connectivity index (χ2v) is 7.27. The molecule has 0 saturated carbocycles. The third-order valence-corrected chi connectivity index (χ3v) is 5.45. The number of aliphatic hydroxyl groups is 1. The van der Waals surface area contributed by atoms with Crippen molar-refractivity contribution in [2.24, 2.45) is 0 Å². The van der Waals surface area contributed by atoms with Gasteiger partial charge in [-0.1, -0.05) is 72.8 Å². The van der Waals surface area contributed by atoms with E-state index in [1.807, 2.05) is 48.5 Å². The smallest absolute Gasteiger partial charge is 0.295 e. The number of methoxy groups -OCH3 is 1. The van der Waals surface area contributed by atoms with Crippen molar-refractivity contribution in [3.05, 3.63) is 89.5 Å². The van der Waals surface area contributed by atoms with Gasteiger partial charge in [-0.15, -0.1) is 0 Å². The highest BCUT2D eigenvalue weighted by atomic mass is 16.5. The summed E-state index contributed by atoms with van der Waals surface area (Å²) in [5.41, 5.74) is 1.46. The van der Waals surface area contributed by atoms with Gasteiger partial charge in [0.2, 0.25) is 0 Å². The van der Waals surface area contributed by atoms with E-state index in [1.54, 1.807) is 36.3 Å². The molecule has 1 aliphatic heterocycles. The molecule has 0 spiro atoms. The molecule has 0 bridgehead atoms. The summed E-state index contributed by atoms with van der Waals surface area (Å²) in [6, 6.07) is 21.9. The quantitative estimate of drug-likeness (QED) is 0.289. The van der Waals surface area contributed by atoms with Crippen molar-refractivity contribution >= 4 is 28.2 Å². The molecule has 5 heteroatoms. The monoisotopic (exact) mass is 401 g/mol. The number of ether oxygens (including phenoxy) is 1. The van der Waals surface area contributed by atoms with Crippen LogP contribution in [0, 0.1) is 0 Å². The fourth-order valence-corrected chi connectivity index (χ4v) is 4.05. The van der Waals surface area contributed by atoms with Crippen LogP contribution in [0.25, 0.3) is 16.5 Å². The fraction of sp³-hybridized carbons (Fsp3) is 0.200. The van der Waals surface area contributed by atoms with E-state index in [2.05, 4.69) is 0 Å². The number of nitrogens with zero attached hydrogens (tertiary/aromatic N) is 1. The lowest BCUT2D eigenvalue weighted by atomic mass is 9.91. The Morgan fingerprint density at radius 1 is 0.967 bits per heavy atom. The van der Waals surface area contributed by atoms with E-state index in [4.69, 9.17) is 4.74 Å². The summed E-state index contributed by atoms with van der Waals surface area (Å²) in [6.45, 7) is 0.835. The summed E-state index contributed by atoms with van der Waals surface area (Å²) in [4.78, 5) is 27.6. The Kier molecular flexibility index (Phi) is 5.63. The van der Waals surface area contributed by atoms with Crippen LogP contribution in [0.5, 0.6) is 0 Å². The summed E-state index contributed by atoms with van der Waals surface area (Å²) in [5, 5.41) is 13.0. The molecule has 3 aromatic carbocycles. The van der Waals surface area contributed by atoms with Crippen LogP contribution >= 0.6 is 0 Å². The zero-order chi connectivity index (χ0) is 21.1. The highest BCUT2D eigenvalue weighted by Crippen LogP contribution is 2.41. The average Bonchev–Trinajstić information content (AvgIpc) is 3.04. The number of Topliss-reactive ketones (excluding diaryl/α,β-unsaturated/α-hetero) is 1. The van der Waals surface area contributed by atoms with Crippen molar-refractivity contribution in [2.45, 2.75) is 12.5 Å². The minimum absolute atomic E-state index is 0.125. The number of likely N-dealkylation sites (tertiary alicyclic amines) is 1. The van der Waals surface area contributed by atoms with E-state index in [0.717, 1.165) is 16.3 Å². The van der Waals surface area contributed by atoms with Gasteiger partial charge in [-0.25, -0.2) is 0 Å². The molecule has 1 amide bonds. The first-order valence-corrected chi connectivity index (χ1v) is 9.94. The number of rotatable bonds is 6. The van der Waals surface area contributed by atoms with E-state index >= 15 is 0 Å². The van der Waals surface area contributed by atoms with Crippen LogP contribution in [-0.4, -0.2) is 42.0 Å². The first kappa shape index (κ1) is 19.9. The van der Waals surface area contributed by atoms with Crippen LogP contribution in [0.2, 0.25) is 0 Å². The van der Waals surface area contributed by atoms with Crippen LogP contribution < -0.4 is 0 Å². The largest absolute Gasteiger partial charge is 0.507 e. The third-order valence-electron chi connectivity index (χ3n) is 5.45. The first-order valence-electron chi connectivity index (χ1n) is 9.94. The highest BCUT2D eigenvalue weighted by Gasteiger charge is 2.46. The van der Waals surface area contributed by atoms with Gasteiger partial charge in [0.15, 0.2) is 0 Å². The SMILES string of the molecule is COCCCN1C(=O)C(=O)C(=C(O)c2ccccc2)C1c1cccc2ccccc12. The minimum atomic E-state index is -0.660. The molecule has 0 aliphatic carbocycles. The summed E-state index contributed by atoms with van der Waals surface area (Å²) in [6.07, 6.45) is 0.593. The van der Waals surface area contributed by atoms with Crippen molar-refractivity contribution in [2.75, 3.05) is 20.3 Å². The predicted octanol–water partition coefficient (Wildman–Crippen LogP) is 4.30. The number of ketones is 1. The molecule has 0 radical (unpaired) electrons. The van der Waals surface area contributed by atoms with E-state index < -0.39 is 17.7 Å². The number of benzene rings is 3. The fourth-order valence-electron chi connectivity index (χ4n) is 4.05. The van der Waals surface area contributed by atoms with Crippen LogP contribution in [0.15, 0.2) is 78.4 Å². The Balaban J connectivity index is 1.92. The Hall–Kier alpha value is -3.44. The number of amides is 1. The number of fused-ring (bicyclic) bond motifs is 1. The molecule has 152 valence electrons. The zero-order valence-corrected chi connectivity index (χ0v) is 16.7. The molecule has 1 aliphatic rings. The number of carbonyl (C=O) groups excluding carboxylic acids is 2. The molecule has 1 unspecified atom stereocenters. The standard InChI is InChI=1S/C25H23NO4/c1-30-16-8-15-26-22(20-14-7-12-17-9-5-6-13-19(17)20)21(24(28)25(26)29)23(27)18-10-3-2-4-11-18/h2-7,9-14,22,27H,8,15-16H2,1H3. The van der Waals surface area contributed by atoms with E-state index in [9.17, 15) is 14.7 Å². The maximum Gasteiger partial charge on any atom is 0.295 e. The van der Waals surface area contributed by atoms with Gasteiger partial charge >= 0.3 is 0 Å². The van der Waals surface area contributed by atoms with Gasteiger partial charge in [-0.3, -0.25) is 9.59 Å². The molecule has 1 fully saturated rings. The summed E-state index contributed by atoms with van der Waals surface area (Å²) < 4.78 is 5.13. The van der Waals surface area contributed by atoms with Crippen molar-refractivity contribution < 1.29 is 19.4 Å². The Bertz CT molecular complexity index is 1110. The molecule has 30 heavy (non-hydrogen) atoms. The topological polar surface area (TPSA) is 66.8 Å². The molecular weight excluding hydrogens is 378 g/mol. The molecule has 1 saturated heterocycles. The van der Waals surface area contributed by atoms with Crippen LogP contribution in [0.1, 0.15) is 23.6 Å². The summed E-state index contributed by atoms with van der Waals surface area (Å²) in [5.74, 6) is -1.41. The molecule has 1 atom stereocenters. The molecular formula is C25H23NO4. The molecule has 0 aromatic heterocycles. The molecule has 4 rings (SSSR count). The van der Waals surface area contributed by atoms with Crippen molar-refractivity contribution in [1.82, 2.24) is 4.90 Å². The number of aliphatic hydroxyl groups excluding tert-OH is 1. The predicted molar refractivity (Wildman–Crippen MR) is 116 cm³/mol. The highest BCUT2D eigenvalue weighted by molar-refractivity contribution is 6.46. The summed E-state index contributed by atoms with van der Waals surface area (Å²) in [7, 11) is 1.60. The summed E-state index contributed by atoms with van der Waals surface area (Å²) >= 11 is 0. The zero-order valence-electron chi connectivity index (χ0n) is 16.7. The molecule has 3 aromatic rings.